The second kappa shape index (κ2) is 8.28. The molecule has 1 atom stereocenters. The number of benzene rings is 3. The molecular weight excluding hydrogens is 424 g/mol. The standard InChI is InChI=1S/C23H21F2NO4S/c1-29-20-12-16-10-11-26(31(27,28)22-13-17(24)8-9-19(22)25)23(15-6-4-3-5-7-15)18(16)14-21(20)30-2/h3-9,12-14,23H,10-11H2,1-2H3/t23-/m0/s1. The van der Waals surface area contributed by atoms with Gasteiger partial charge in [-0.1, -0.05) is 30.3 Å². The number of methoxy groups -OCH3 is 2. The third-order valence-electron chi connectivity index (χ3n) is 5.42. The van der Waals surface area contributed by atoms with Crippen molar-refractivity contribution in [1.82, 2.24) is 4.31 Å². The van der Waals surface area contributed by atoms with Crippen LogP contribution in [0.15, 0.2) is 65.6 Å². The number of fused-ring (bicyclic) bond motifs is 1. The molecular formula is C23H21F2NO4S. The van der Waals surface area contributed by atoms with Gasteiger partial charge in [0.25, 0.3) is 0 Å². The fraction of sp³-hybridized carbons (Fsp3) is 0.217. The fourth-order valence-corrected chi connectivity index (χ4v) is 5.64. The number of rotatable bonds is 5. The summed E-state index contributed by atoms with van der Waals surface area (Å²) in [5.41, 5.74) is 2.31. The topological polar surface area (TPSA) is 55.8 Å². The highest BCUT2D eigenvalue weighted by molar-refractivity contribution is 7.89. The van der Waals surface area contributed by atoms with Crippen molar-refractivity contribution >= 4 is 10.0 Å². The molecule has 0 amide bonds. The van der Waals surface area contributed by atoms with Gasteiger partial charge in [-0.15, -0.1) is 0 Å². The van der Waals surface area contributed by atoms with Crippen molar-refractivity contribution in [2.75, 3.05) is 20.8 Å². The molecule has 0 fully saturated rings. The van der Waals surface area contributed by atoms with Crippen LogP contribution in [0.3, 0.4) is 0 Å². The fourth-order valence-electron chi connectivity index (χ4n) is 3.96. The third kappa shape index (κ3) is 3.77. The first-order valence-electron chi connectivity index (χ1n) is 9.63. The molecule has 4 rings (SSSR count). The summed E-state index contributed by atoms with van der Waals surface area (Å²) in [6.45, 7) is 0.0976. The average molecular weight is 445 g/mol. The van der Waals surface area contributed by atoms with Gasteiger partial charge in [0.1, 0.15) is 16.5 Å². The van der Waals surface area contributed by atoms with Crippen molar-refractivity contribution in [1.29, 1.82) is 0 Å². The van der Waals surface area contributed by atoms with Crippen LogP contribution in [0.25, 0.3) is 0 Å². The Bertz CT molecular complexity index is 1220. The van der Waals surface area contributed by atoms with Gasteiger partial charge in [0.05, 0.1) is 20.3 Å². The van der Waals surface area contributed by atoms with Gasteiger partial charge in [-0.3, -0.25) is 0 Å². The molecule has 0 bridgehead atoms. The van der Waals surface area contributed by atoms with E-state index in [1.54, 1.807) is 30.3 Å². The molecule has 1 aliphatic heterocycles. The normalized spacial score (nSPS) is 16.6. The molecule has 1 heterocycles. The molecule has 0 aliphatic carbocycles. The molecule has 162 valence electrons. The monoisotopic (exact) mass is 445 g/mol. The van der Waals surface area contributed by atoms with Crippen LogP contribution in [-0.4, -0.2) is 33.5 Å². The zero-order chi connectivity index (χ0) is 22.2. The summed E-state index contributed by atoms with van der Waals surface area (Å²) in [6.07, 6.45) is 0.384. The van der Waals surface area contributed by atoms with Crippen molar-refractivity contribution in [3.63, 3.8) is 0 Å². The first-order chi connectivity index (χ1) is 14.9. The van der Waals surface area contributed by atoms with E-state index in [0.717, 1.165) is 23.8 Å². The first kappa shape index (κ1) is 21.3. The van der Waals surface area contributed by atoms with Crippen molar-refractivity contribution in [3.05, 3.63) is 89.0 Å². The molecule has 8 heteroatoms. The summed E-state index contributed by atoms with van der Waals surface area (Å²) < 4.78 is 67.3. The van der Waals surface area contributed by atoms with Crippen LogP contribution < -0.4 is 9.47 Å². The van der Waals surface area contributed by atoms with E-state index in [9.17, 15) is 17.2 Å². The van der Waals surface area contributed by atoms with Crippen LogP contribution in [0, 0.1) is 11.6 Å². The van der Waals surface area contributed by atoms with Gasteiger partial charge in [-0.25, -0.2) is 17.2 Å². The van der Waals surface area contributed by atoms with Crippen molar-refractivity contribution in [3.8, 4) is 11.5 Å². The number of halogens is 2. The zero-order valence-electron chi connectivity index (χ0n) is 17.0. The Hall–Kier alpha value is -2.97. The summed E-state index contributed by atoms with van der Waals surface area (Å²) in [5, 5.41) is 0. The lowest BCUT2D eigenvalue weighted by molar-refractivity contribution is 0.330. The molecule has 0 saturated carbocycles. The highest BCUT2D eigenvalue weighted by Gasteiger charge is 2.39. The molecule has 0 N–H and O–H groups in total. The molecule has 0 unspecified atom stereocenters. The van der Waals surface area contributed by atoms with Crippen LogP contribution in [0.4, 0.5) is 8.78 Å². The van der Waals surface area contributed by atoms with E-state index in [1.165, 1.54) is 18.5 Å². The van der Waals surface area contributed by atoms with Crippen LogP contribution in [0.1, 0.15) is 22.7 Å². The van der Waals surface area contributed by atoms with Crippen LogP contribution in [0.5, 0.6) is 11.5 Å². The van der Waals surface area contributed by atoms with Gasteiger partial charge in [0, 0.05) is 6.54 Å². The molecule has 0 spiro atoms. The minimum absolute atomic E-state index is 0.0976. The number of ether oxygens (including phenoxy) is 2. The Balaban J connectivity index is 1.93. The lowest BCUT2D eigenvalue weighted by atomic mass is 9.89. The Morgan fingerprint density at radius 1 is 0.935 bits per heavy atom. The molecule has 0 aromatic heterocycles. The minimum Gasteiger partial charge on any atom is -0.493 e. The molecule has 3 aromatic rings. The lowest BCUT2D eigenvalue weighted by Gasteiger charge is -2.37. The Morgan fingerprint density at radius 2 is 1.61 bits per heavy atom. The maximum absolute atomic E-state index is 14.5. The molecule has 31 heavy (non-hydrogen) atoms. The molecule has 0 saturated heterocycles. The molecule has 3 aromatic carbocycles. The quantitative estimate of drug-likeness (QED) is 0.587. The summed E-state index contributed by atoms with van der Waals surface area (Å²) in [4.78, 5) is -0.683. The predicted molar refractivity (Wildman–Crippen MR) is 112 cm³/mol. The summed E-state index contributed by atoms with van der Waals surface area (Å²) in [5.74, 6) is -0.815. The highest BCUT2D eigenvalue weighted by Crippen LogP contribution is 2.43. The van der Waals surface area contributed by atoms with E-state index in [4.69, 9.17) is 9.47 Å². The summed E-state index contributed by atoms with van der Waals surface area (Å²) in [6, 6.07) is 14.3. The van der Waals surface area contributed by atoms with E-state index < -0.39 is 32.6 Å². The van der Waals surface area contributed by atoms with Gasteiger partial charge in [0.2, 0.25) is 10.0 Å². The maximum atomic E-state index is 14.5. The summed E-state index contributed by atoms with van der Waals surface area (Å²) >= 11 is 0. The largest absolute Gasteiger partial charge is 0.493 e. The second-order valence-electron chi connectivity index (χ2n) is 7.16. The van der Waals surface area contributed by atoms with E-state index in [1.807, 2.05) is 12.1 Å². The summed E-state index contributed by atoms with van der Waals surface area (Å²) in [7, 11) is -1.31. The van der Waals surface area contributed by atoms with Gasteiger partial charge < -0.3 is 9.47 Å². The van der Waals surface area contributed by atoms with Crippen molar-refractivity contribution in [2.24, 2.45) is 0 Å². The zero-order valence-corrected chi connectivity index (χ0v) is 17.8. The van der Waals surface area contributed by atoms with Gasteiger partial charge in [-0.2, -0.15) is 4.31 Å². The van der Waals surface area contributed by atoms with Crippen molar-refractivity contribution in [2.45, 2.75) is 17.4 Å². The number of hydrogen-bond donors (Lipinski definition) is 0. The van der Waals surface area contributed by atoms with Crippen LogP contribution >= 0.6 is 0 Å². The second-order valence-corrected chi connectivity index (χ2v) is 9.02. The molecule has 5 nitrogen and oxygen atoms in total. The van der Waals surface area contributed by atoms with Crippen LogP contribution in [-0.2, 0) is 16.4 Å². The Morgan fingerprint density at radius 3 is 2.29 bits per heavy atom. The number of sulfonamides is 1. The van der Waals surface area contributed by atoms with E-state index in [2.05, 4.69) is 0 Å². The maximum Gasteiger partial charge on any atom is 0.246 e. The number of nitrogens with zero attached hydrogens (tertiary/aromatic N) is 1. The smallest absolute Gasteiger partial charge is 0.246 e. The van der Waals surface area contributed by atoms with Gasteiger partial charge in [0.15, 0.2) is 11.5 Å². The number of hydrogen-bond acceptors (Lipinski definition) is 4. The Labute approximate surface area is 179 Å². The van der Waals surface area contributed by atoms with Crippen molar-refractivity contribution < 1.29 is 26.7 Å². The first-order valence-corrected chi connectivity index (χ1v) is 11.1. The van der Waals surface area contributed by atoms with E-state index in [-0.39, 0.29) is 6.54 Å². The third-order valence-corrected chi connectivity index (χ3v) is 7.30. The SMILES string of the molecule is COc1cc2c(cc1OC)[C@H](c1ccccc1)N(S(=O)(=O)c1cc(F)ccc1F)CC2. The average Bonchev–Trinajstić information content (AvgIpc) is 2.79. The molecule has 0 radical (unpaired) electrons. The lowest BCUT2D eigenvalue weighted by Crippen LogP contribution is -2.41. The Kier molecular flexibility index (Phi) is 5.68. The minimum atomic E-state index is -4.34. The van der Waals surface area contributed by atoms with Gasteiger partial charge in [-0.05, 0) is 53.4 Å². The van der Waals surface area contributed by atoms with Gasteiger partial charge >= 0.3 is 0 Å². The highest BCUT2D eigenvalue weighted by atomic mass is 32.2. The van der Waals surface area contributed by atoms with E-state index in [0.29, 0.717) is 29.0 Å². The van der Waals surface area contributed by atoms with Crippen LogP contribution in [0.2, 0.25) is 0 Å². The predicted octanol–water partition coefficient (Wildman–Crippen LogP) is 4.32. The van der Waals surface area contributed by atoms with E-state index >= 15 is 0 Å². The molecule has 1 aliphatic rings.